The molecule has 0 saturated carbocycles. The summed E-state index contributed by atoms with van der Waals surface area (Å²) in [5.41, 5.74) is -1.46. The summed E-state index contributed by atoms with van der Waals surface area (Å²) >= 11 is 0. The summed E-state index contributed by atoms with van der Waals surface area (Å²) in [7, 11) is -3.83. The van der Waals surface area contributed by atoms with Crippen molar-refractivity contribution in [3.63, 3.8) is 0 Å². The van der Waals surface area contributed by atoms with Gasteiger partial charge in [0.1, 0.15) is 35.7 Å². The van der Waals surface area contributed by atoms with E-state index in [9.17, 15) is 24.1 Å². The van der Waals surface area contributed by atoms with E-state index in [0.717, 1.165) is 0 Å². The van der Waals surface area contributed by atoms with E-state index < -0.39 is 55.4 Å². The van der Waals surface area contributed by atoms with Gasteiger partial charge in [0, 0.05) is 0 Å². The third-order valence-corrected chi connectivity index (χ3v) is 7.26. The van der Waals surface area contributed by atoms with Crippen LogP contribution in [0.3, 0.4) is 0 Å². The molecule has 3 rings (SSSR count). The van der Waals surface area contributed by atoms with E-state index in [1.54, 1.807) is 83.4 Å². The number of para-hydroxylation sites is 1. The molecule has 44 heavy (non-hydrogen) atoms. The van der Waals surface area contributed by atoms with Gasteiger partial charge in [-0.25, -0.2) is 29.6 Å². The zero-order valence-corrected chi connectivity index (χ0v) is 26.9. The van der Waals surface area contributed by atoms with Crippen molar-refractivity contribution in [2.24, 2.45) is 0 Å². The highest BCUT2D eigenvalue weighted by Gasteiger charge is 2.36. The van der Waals surface area contributed by atoms with Crippen LogP contribution in [-0.2, 0) is 30.1 Å². The molecule has 2 heterocycles. The number of hydrogen-bond acceptors (Lipinski definition) is 11. The molecule has 2 aromatic heterocycles. The van der Waals surface area contributed by atoms with Crippen molar-refractivity contribution in [3.8, 4) is 5.75 Å². The molecule has 0 saturated heterocycles. The number of aromatic nitrogens is 4. The van der Waals surface area contributed by atoms with Gasteiger partial charge in [0.2, 0.25) is 0 Å². The van der Waals surface area contributed by atoms with Crippen molar-refractivity contribution in [2.75, 3.05) is 11.2 Å². The molecule has 240 valence electrons. The van der Waals surface area contributed by atoms with E-state index >= 15 is 0 Å². The third-order valence-electron chi connectivity index (χ3n) is 5.49. The first-order valence-electron chi connectivity index (χ1n) is 13.8. The Morgan fingerprint density at radius 3 is 2.11 bits per heavy atom. The number of hydrogen-bond donors (Lipinski definition) is 2. The number of aliphatic carboxylic acids is 1. The molecule has 3 atom stereocenters. The molecule has 3 aromatic rings. The highest BCUT2D eigenvalue weighted by atomic mass is 31.2. The maximum atomic E-state index is 13.6. The monoisotopic (exact) mass is 634 g/mol. The van der Waals surface area contributed by atoms with Crippen LogP contribution in [0.15, 0.2) is 43.0 Å². The van der Waals surface area contributed by atoms with Gasteiger partial charge in [0.25, 0.3) is 0 Å². The van der Waals surface area contributed by atoms with Gasteiger partial charge >= 0.3 is 25.7 Å². The lowest BCUT2D eigenvalue weighted by molar-refractivity contribution is -0.138. The molecule has 0 aliphatic rings. The molecule has 0 spiro atoms. The second-order valence-electron chi connectivity index (χ2n) is 11.9. The van der Waals surface area contributed by atoms with Crippen LogP contribution in [-0.4, -0.2) is 72.5 Å². The predicted octanol–water partition coefficient (Wildman–Crippen LogP) is 5.20. The number of benzene rings is 1. The Bertz CT molecular complexity index is 1490. The summed E-state index contributed by atoms with van der Waals surface area (Å²) in [6.45, 7) is 13.1. The van der Waals surface area contributed by atoms with E-state index in [2.05, 4.69) is 20.0 Å². The van der Waals surface area contributed by atoms with Crippen molar-refractivity contribution in [3.05, 3.63) is 43.0 Å². The van der Waals surface area contributed by atoms with Gasteiger partial charge in [-0.15, -0.1) is 0 Å². The number of fused-ring (bicyclic) bond motifs is 1. The average molecular weight is 635 g/mol. The van der Waals surface area contributed by atoms with Gasteiger partial charge in [-0.3, -0.25) is 9.36 Å². The van der Waals surface area contributed by atoms with Crippen LogP contribution >= 0.6 is 7.52 Å². The van der Waals surface area contributed by atoms with Crippen molar-refractivity contribution in [1.82, 2.24) is 24.6 Å². The summed E-state index contributed by atoms with van der Waals surface area (Å²) in [6.07, 6.45) is -0.463. The summed E-state index contributed by atoms with van der Waals surface area (Å²) in [5.74, 6) is -1.07. The zero-order chi connectivity index (χ0) is 32.9. The molecular weight excluding hydrogens is 595 g/mol. The Balaban J connectivity index is 1.85. The minimum atomic E-state index is -3.83. The molecular formula is C28H39N6O9P. The molecule has 0 aliphatic heterocycles. The van der Waals surface area contributed by atoms with Crippen molar-refractivity contribution in [2.45, 2.75) is 85.3 Å². The molecule has 2 N–H and O–H groups in total. The summed E-state index contributed by atoms with van der Waals surface area (Å²) in [4.78, 5) is 51.2. The molecule has 2 amide bonds. The fourth-order valence-corrected chi connectivity index (χ4v) is 5.47. The number of amides is 2. The van der Waals surface area contributed by atoms with E-state index in [1.165, 1.54) is 19.6 Å². The van der Waals surface area contributed by atoms with Crippen molar-refractivity contribution >= 4 is 42.7 Å². The van der Waals surface area contributed by atoms with Crippen LogP contribution in [0.4, 0.5) is 15.4 Å². The highest BCUT2D eigenvalue weighted by Crippen LogP contribution is 2.44. The fraction of sp³-hybridized carbons (Fsp3) is 0.500. The number of nitrogens with one attached hydrogen (secondary N) is 1. The Hall–Kier alpha value is -4.07. The van der Waals surface area contributed by atoms with Gasteiger partial charge in [0.15, 0.2) is 17.0 Å². The molecule has 0 bridgehead atoms. The van der Waals surface area contributed by atoms with Crippen LogP contribution in [0.2, 0.25) is 0 Å². The number of carboxylic acids is 1. The van der Waals surface area contributed by atoms with Gasteiger partial charge in [-0.2, -0.15) is 4.90 Å². The Morgan fingerprint density at radius 2 is 1.57 bits per heavy atom. The van der Waals surface area contributed by atoms with Crippen molar-refractivity contribution in [1.29, 1.82) is 0 Å². The first-order chi connectivity index (χ1) is 20.4. The number of carbonyl (C=O) groups is 3. The topological polar surface area (TPSA) is 184 Å². The number of imide groups is 1. The van der Waals surface area contributed by atoms with E-state index in [0.29, 0.717) is 4.90 Å². The molecule has 2 unspecified atom stereocenters. The minimum absolute atomic E-state index is 0.117. The predicted molar refractivity (Wildman–Crippen MR) is 161 cm³/mol. The number of rotatable bonds is 11. The standard InChI is InChI=1S/C28H39N6O9P/c1-18(40-17-44(39,32-19(2)24(35)36)43-20-12-10-9-11-13-20)14-33-16-31-21-22(33)29-15-30-23(21)34(25(37)41-27(3,4)5)26(38)42-28(6,7)8/h9-13,15-16,18-19H,14,17H2,1-8H3,(H,32,39)(H,35,36)/t18?,19-,44?/m0/s1. The first kappa shape index (κ1) is 34.4. The average Bonchev–Trinajstić information content (AvgIpc) is 3.29. The summed E-state index contributed by atoms with van der Waals surface area (Å²) in [5, 5.41) is 11.9. The zero-order valence-electron chi connectivity index (χ0n) is 26.0. The Labute approximate surface area is 255 Å². The van der Waals surface area contributed by atoms with E-state index in [1.807, 2.05) is 0 Å². The highest BCUT2D eigenvalue weighted by molar-refractivity contribution is 7.57. The number of nitrogens with zero attached hydrogens (tertiary/aromatic N) is 5. The fourth-order valence-electron chi connectivity index (χ4n) is 3.68. The van der Waals surface area contributed by atoms with Crippen LogP contribution in [0.1, 0.15) is 55.4 Å². The number of carbonyl (C=O) groups excluding carboxylic acids is 2. The van der Waals surface area contributed by atoms with Crippen LogP contribution in [0.25, 0.3) is 11.2 Å². The molecule has 0 aliphatic carbocycles. The number of anilines is 1. The van der Waals surface area contributed by atoms with Gasteiger partial charge in [-0.1, -0.05) is 18.2 Å². The molecule has 15 nitrogen and oxygen atoms in total. The van der Waals surface area contributed by atoms with Crippen LogP contribution in [0, 0.1) is 0 Å². The smallest absolute Gasteiger partial charge is 0.425 e. The second-order valence-corrected chi connectivity index (χ2v) is 14.0. The van der Waals surface area contributed by atoms with Crippen LogP contribution in [0.5, 0.6) is 5.75 Å². The number of imidazole rings is 1. The largest absolute Gasteiger partial charge is 0.480 e. The van der Waals surface area contributed by atoms with Gasteiger partial charge in [0.05, 0.1) is 19.0 Å². The lowest BCUT2D eigenvalue weighted by Crippen LogP contribution is -2.44. The van der Waals surface area contributed by atoms with E-state index in [4.69, 9.17) is 18.7 Å². The minimum Gasteiger partial charge on any atom is -0.480 e. The number of ether oxygens (including phenoxy) is 3. The summed E-state index contributed by atoms with van der Waals surface area (Å²) in [6, 6.07) is 7.16. The Kier molecular flexibility index (Phi) is 10.7. The molecule has 1 aromatic carbocycles. The normalized spacial score (nSPS) is 14.7. The maximum absolute atomic E-state index is 13.6. The van der Waals surface area contributed by atoms with Gasteiger partial charge < -0.3 is 28.4 Å². The summed E-state index contributed by atoms with van der Waals surface area (Å²) < 4.78 is 37.6. The second kappa shape index (κ2) is 13.7. The molecule has 0 radical (unpaired) electrons. The van der Waals surface area contributed by atoms with Crippen LogP contribution < -0.4 is 14.5 Å². The lowest BCUT2D eigenvalue weighted by Gasteiger charge is -2.28. The molecule has 16 heteroatoms. The molecule has 0 fully saturated rings. The third kappa shape index (κ3) is 9.73. The maximum Gasteiger partial charge on any atom is 0.425 e. The lowest BCUT2D eigenvalue weighted by atomic mass is 10.2. The number of carboxylic acid groups (broad SMARTS) is 1. The first-order valence-corrected chi connectivity index (χ1v) is 15.6. The van der Waals surface area contributed by atoms with E-state index in [-0.39, 0.29) is 29.3 Å². The SMILES string of the molecule is CC(Cn1cnc2c(N(C(=O)OC(C)(C)C)C(=O)OC(C)(C)C)ncnc21)OCP(=O)(N[C@@H](C)C(=O)O)Oc1ccccc1. The Morgan fingerprint density at radius 1 is 0.977 bits per heavy atom. The van der Waals surface area contributed by atoms with Crippen molar-refractivity contribution < 1.29 is 42.8 Å². The quantitative estimate of drug-likeness (QED) is 0.263. The van der Waals surface area contributed by atoms with Gasteiger partial charge in [-0.05, 0) is 67.5 Å².